The molecule has 0 aromatic heterocycles. The van der Waals surface area contributed by atoms with Crippen LogP contribution in [0, 0.1) is 10.8 Å². The minimum atomic E-state index is -0.458. The van der Waals surface area contributed by atoms with E-state index in [9.17, 15) is 10.2 Å². The number of ether oxygens (including phenoxy) is 2. The highest BCUT2D eigenvalue weighted by Crippen LogP contribution is 2.71. The van der Waals surface area contributed by atoms with Crippen LogP contribution in [0.25, 0.3) is 0 Å². The molecule has 106 valence electrons. The van der Waals surface area contributed by atoms with Gasteiger partial charge in [0.2, 0.25) is 0 Å². The largest absolute Gasteiger partial charge is 0.390 e. The van der Waals surface area contributed by atoms with Gasteiger partial charge in [-0.2, -0.15) is 0 Å². The van der Waals surface area contributed by atoms with E-state index in [1.807, 2.05) is 13.0 Å². The molecule has 0 unspecified atom stereocenters. The smallest absolute Gasteiger partial charge is 0.126 e. The summed E-state index contributed by atoms with van der Waals surface area (Å²) in [5.74, 6) is 0. The minimum absolute atomic E-state index is 0.0297. The minimum Gasteiger partial charge on any atom is -0.390 e. The molecule has 2 N–H and O–H groups in total. The number of epoxide rings is 1. The van der Waals surface area contributed by atoms with E-state index >= 15 is 0 Å². The number of hydrogen-bond donors (Lipinski definition) is 2. The third kappa shape index (κ3) is 1.16. The molecular weight excluding hydrogens is 244 g/mol. The molecule has 4 heteroatoms. The lowest BCUT2D eigenvalue weighted by molar-refractivity contribution is -0.204. The first-order chi connectivity index (χ1) is 8.84. The number of aliphatic hydroxyl groups is 2. The van der Waals surface area contributed by atoms with Gasteiger partial charge in [-0.3, -0.25) is 0 Å². The van der Waals surface area contributed by atoms with E-state index in [0.29, 0.717) is 19.4 Å². The molecule has 7 atom stereocenters. The van der Waals surface area contributed by atoms with Gasteiger partial charge in [0.25, 0.3) is 0 Å². The Labute approximate surface area is 113 Å². The van der Waals surface area contributed by atoms with Gasteiger partial charge in [-0.05, 0) is 25.3 Å². The fraction of sp³-hybridized carbons (Fsp3) is 0.867. The topological polar surface area (TPSA) is 62.2 Å². The van der Waals surface area contributed by atoms with Crippen LogP contribution in [0.5, 0.6) is 0 Å². The second kappa shape index (κ2) is 3.25. The molecular formula is C15H22O4. The van der Waals surface area contributed by atoms with E-state index in [1.54, 1.807) is 0 Å². The first-order valence-corrected chi connectivity index (χ1v) is 7.18. The first kappa shape index (κ1) is 12.3. The van der Waals surface area contributed by atoms with Crippen LogP contribution < -0.4 is 0 Å². The Bertz CT molecular complexity index is 469. The van der Waals surface area contributed by atoms with Gasteiger partial charge in [-0.25, -0.2) is 0 Å². The van der Waals surface area contributed by atoms with E-state index in [2.05, 4.69) is 13.8 Å². The summed E-state index contributed by atoms with van der Waals surface area (Å²) in [6, 6.07) is 0. The van der Waals surface area contributed by atoms with Crippen molar-refractivity contribution in [2.24, 2.45) is 10.8 Å². The Morgan fingerprint density at radius 2 is 1.95 bits per heavy atom. The van der Waals surface area contributed by atoms with Gasteiger partial charge in [0.1, 0.15) is 11.7 Å². The highest BCUT2D eigenvalue weighted by Gasteiger charge is 2.80. The van der Waals surface area contributed by atoms with Gasteiger partial charge < -0.3 is 19.7 Å². The predicted octanol–water partition coefficient (Wildman–Crippen LogP) is 1.01. The summed E-state index contributed by atoms with van der Waals surface area (Å²) in [6.07, 6.45) is 2.32. The lowest BCUT2D eigenvalue weighted by Gasteiger charge is -2.57. The van der Waals surface area contributed by atoms with Gasteiger partial charge in [-0.15, -0.1) is 0 Å². The molecule has 4 aliphatic rings. The lowest BCUT2D eigenvalue weighted by Crippen LogP contribution is -2.62. The van der Waals surface area contributed by atoms with Gasteiger partial charge in [0.15, 0.2) is 0 Å². The zero-order valence-corrected chi connectivity index (χ0v) is 11.7. The third-order valence-corrected chi connectivity index (χ3v) is 6.55. The molecule has 2 aliphatic carbocycles. The van der Waals surface area contributed by atoms with E-state index < -0.39 is 12.2 Å². The Balaban J connectivity index is 1.86. The Morgan fingerprint density at radius 1 is 1.26 bits per heavy atom. The van der Waals surface area contributed by atoms with E-state index in [-0.39, 0.29) is 28.6 Å². The fourth-order valence-corrected chi connectivity index (χ4v) is 4.90. The van der Waals surface area contributed by atoms with Crippen LogP contribution >= 0.6 is 0 Å². The normalized spacial score (nSPS) is 62.9. The molecule has 2 saturated heterocycles. The molecule has 0 radical (unpaired) electrons. The monoisotopic (exact) mass is 266 g/mol. The second-order valence-electron chi connectivity index (χ2n) is 7.31. The molecule has 2 bridgehead atoms. The number of fused-ring (bicyclic) bond motifs is 2. The highest BCUT2D eigenvalue weighted by molar-refractivity contribution is 5.32. The van der Waals surface area contributed by atoms with Gasteiger partial charge in [0.05, 0.1) is 24.9 Å². The molecule has 3 fully saturated rings. The molecule has 0 amide bonds. The van der Waals surface area contributed by atoms with Crippen LogP contribution in [-0.4, -0.2) is 46.8 Å². The van der Waals surface area contributed by atoms with E-state index in [0.717, 1.165) is 5.57 Å². The maximum atomic E-state index is 10.3. The zero-order chi connectivity index (χ0) is 13.6. The van der Waals surface area contributed by atoms with Crippen molar-refractivity contribution in [1.29, 1.82) is 0 Å². The summed E-state index contributed by atoms with van der Waals surface area (Å²) in [4.78, 5) is 0. The predicted molar refractivity (Wildman–Crippen MR) is 68.6 cm³/mol. The molecule has 19 heavy (non-hydrogen) atoms. The maximum Gasteiger partial charge on any atom is 0.126 e. The quantitative estimate of drug-likeness (QED) is 0.507. The van der Waals surface area contributed by atoms with Crippen LogP contribution in [0.15, 0.2) is 11.6 Å². The van der Waals surface area contributed by atoms with Gasteiger partial charge in [0, 0.05) is 10.8 Å². The van der Waals surface area contributed by atoms with Crippen LogP contribution in [0.1, 0.15) is 33.6 Å². The summed E-state index contributed by atoms with van der Waals surface area (Å²) in [5, 5.41) is 20.6. The summed E-state index contributed by atoms with van der Waals surface area (Å²) < 4.78 is 12.0. The first-order valence-electron chi connectivity index (χ1n) is 7.18. The molecule has 2 aliphatic heterocycles. The van der Waals surface area contributed by atoms with Crippen molar-refractivity contribution in [3.63, 3.8) is 0 Å². The average Bonchev–Trinajstić information content (AvgIpc) is 3.08. The number of aliphatic hydroxyl groups excluding tert-OH is 2. The van der Waals surface area contributed by atoms with Crippen molar-refractivity contribution in [1.82, 2.24) is 0 Å². The standard InChI is InChI=1S/C15H22O4/c1-8-4-11-13(2,5-9(8)16)14(3)6-10(17)12(19-11)15(14)7-18-15/h4,9-12,16-17H,5-7H2,1-3H3/t9-,10+,11+,12+,13-,14+,15-/m0/s1. The highest BCUT2D eigenvalue weighted by atomic mass is 16.6. The van der Waals surface area contributed by atoms with Crippen molar-refractivity contribution in [2.45, 2.75) is 63.6 Å². The molecule has 1 saturated carbocycles. The Morgan fingerprint density at radius 3 is 2.58 bits per heavy atom. The zero-order valence-electron chi connectivity index (χ0n) is 11.7. The van der Waals surface area contributed by atoms with Gasteiger partial charge in [-0.1, -0.05) is 19.9 Å². The fourth-order valence-electron chi connectivity index (χ4n) is 4.90. The molecule has 4 nitrogen and oxygen atoms in total. The van der Waals surface area contributed by atoms with Crippen LogP contribution in [0.3, 0.4) is 0 Å². The summed E-state index contributed by atoms with van der Waals surface area (Å²) in [6.45, 7) is 7.01. The van der Waals surface area contributed by atoms with Crippen LogP contribution in [-0.2, 0) is 9.47 Å². The summed E-state index contributed by atoms with van der Waals surface area (Å²) in [5.41, 5.74) is 0.338. The third-order valence-electron chi connectivity index (χ3n) is 6.55. The second-order valence-corrected chi connectivity index (χ2v) is 7.31. The van der Waals surface area contributed by atoms with E-state index in [4.69, 9.17) is 9.47 Å². The Hall–Kier alpha value is -0.420. The molecule has 0 aromatic rings. The van der Waals surface area contributed by atoms with Crippen molar-refractivity contribution in [3.8, 4) is 0 Å². The average molecular weight is 266 g/mol. The van der Waals surface area contributed by atoms with Crippen molar-refractivity contribution >= 4 is 0 Å². The van der Waals surface area contributed by atoms with Crippen LogP contribution in [0.2, 0.25) is 0 Å². The summed E-state index contributed by atoms with van der Waals surface area (Å²) in [7, 11) is 0. The summed E-state index contributed by atoms with van der Waals surface area (Å²) >= 11 is 0. The van der Waals surface area contributed by atoms with Crippen molar-refractivity contribution in [2.75, 3.05) is 6.61 Å². The van der Waals surface area contributed by atoms with Crippen molar-refractivity contribution in [3.05, 3.63) is 11.6 Å². The van der Waals surface area contributed by atoms with Gasteiger partial charge >= 0.3 is 0 Å². The van der Waals surface area contributed by atoms with Crippen molar-refractivity contribution < 1.29 is 19.7 Å². The lowest BCUT2D eigenvalue weighted by atomic mass is 9.52. The SMILES string of the molecule is CC1=C[C@H]2O[C@@H]3[C@H](O)C[C@](C)([C@@]2(C)C[C@@H]1O)[C@]31CO1. The van der Waals surface area contributed by atoms with Crippen LogP contribution in [0.4, 0.5) is 0 Å². The number of hydrogen-bond acceptors (Lipinski definition) is 4. The maximum absolute atomic E-state index is 10.3. The molecule has 0 aromatic carbocycles. The molecule has 4 rings (SSSR count). The molecule has 2 heterocycles. The molecule has 1 spiro atoms. The Kier molecular flexibility index (Phi) is 2.11. The number of rotatable bonds is 0. The van der Waals surface area contributed by atoms with E-state index in [1.165, 1.54) is 0 Å².